The Morgan fingerprint density at radius 1 is 0.879 bits per heavy atom. The minimum atomic E-state index is 0.213. The Morgan fingerprint density at radius 3 is 2.39 bits per heavy atom. The van der Waals surface area contributed by atoms with Gasteiger partial charge in [-0.15, -0.1) is 0 Å². The number of rotatable bonds is 10. The van der Waals surface area contributed by atoms with E-state index in [9.17, 15) is 0 Å². The van der Waals surface area contributed by atoms with Crippen LogP contribution >= 0.6 is 0 Å². The molecule has 0 radical (unpaired) electrons. The summed E-state index contributed by atoms with van der Waals surface area (Å²) in [6.07, 6.45) is 2.01. The van der Waals surface area contributed by atoms with Crippen molar-refractivity contribution in [1.29, 1.82) is 0 Å². The smallest absolute Gasteiger partial charge is 0.122 e. The van der Waals surface area contributed by atoms with E-state index < -0.39 is 0 Å². The molecule has 4 aromatic rings. The van der Waals surface area contributed by atoms with Crippen molar-refractivity contribution < 1.29 is 9.47 Å². The minimum absolute atomic E-state index is 0.213. The molecule has 4 rings (SSSR count). The highest BCUT2D eigenvalue weighted by Crippen LogP contribution is 2.28. The van der Waals surface area contributed by atoms with E-state index in [0.29, 0.717) is 12.5 Å². The van der Waals surface area contributed by atoms with Crippen LogP contribution in [0.15, 0.2) is 72.8 Å². The molecule has 0 aliphatic heterocycles. The second-order valence-corrected chi connectivity index (χ2v) is 9.05. The monoisotopic (exact) mass is 442 g/mol. The zero-order chi connectivity index (χ0) is 23.2. The summed E-state index contributed by atoms with van der Waals surface area (Å²) in [7, 11) is 1.67. The van der Waals surface area contributed by atoms with Crippen molar-refractivity contribution in [3.8, 4) is 11.5 Å². The van der Waals surface area contributed by atoms with Crippen LogP contribution in [0.4, 0.5) is 0 Å². The van der Waals surface area contributed by atoms with Gasteiger partial charge in [-0.1, -0.05) is 63.2 Å². The summed E-state index contributed by atoms with van der Waals surface area (Å²) in [4.78, 5) is 5.02. The number of aryl methyl sites for hydroxylation is 1. The first kappa shape index (κ1) is 22.9. The number of hydrogen-bond acceptors (Lipinski definition) is 3. The number of aromatic nitrogens is 2. The summed E-state index contributed by atoms with van der Waals surface area (Å²) < 4.78 is 13.6. The van der Waals surface area contributed by atoms with Crippen LogP contribution in [0.5, 0.6) is 11.5 Å². The molecule has 0 spiro atoms. The number of hydrogen-bond donors (Lipinski definition) is 0. The van der Waals surface area contributed by atoms with Crippen molar-refractivity contribution in [2.45, 2.75) is 46.1 Å². The summed E-state index contributed by atoms with van der Waals surface area (Å²) in [5, 5.41) is 0. The molecule has 0 N–H and O–H groups in total. The predicted octanol–water partition coefficient (Wildman–Crippen LogP) is 6.86. The molecule has 33 heavy (non-hydrogen) atoms. The second-order valence-electron chi connectivity index (χ2n) is 9.05. The molecule has 0 bridgehead atoms. The first-order chi connectivity index (χ1) is 16.0. The summed E-state index contributed by atoms with van der Waals surface area (Å²) in [5.41, 5.74) is 4.91. The number of benzene rings is 3. The Labute approximate surface area is 197 Å². The molecule has 1 aromatic heterocycles. The van der Waals surface area contributed by atoms with E-state index in [1.165, 1.54) is 16.6 Å². The molecule has 3 aromatic carbocycles. The molecule has 0 aliphatic rings. The van der Waals surface area contributed by atoms with Gasteiger partial charge >= 0.3 is 0 Å². The summed E-state index contributed by atoms with van der Waals surface area (Å²) in [6.45, 7) is 8.27. The summed E-state index contributed by atoms with van der Waals surface area (Å²) in [6, 6.07) is 25.2. The molecular weight excluding hydrogens is 408 g/mol. The zero-order valence-corrected chi connectivity index (χ0v) is 20.1. The van der Waals surface area contributed by atoms with E-state index in [2.05, 4.69) is 73.9 Å². The van der Waals surface area contributed by atoms with Gasteiger partial charge in [0.2, 0.25) is 0 Å². The van der Waals surface area contributed by atoms with Crippen LogP contribution in [0.3, 0.4) is 0 Å². The summed E-state index contributed by atoms with van der Waals surface area (Å²) in [5.74, 6) is 3.62. The van der Waals surface area contributed by atoms with Gasteiger partial charge in [0.15, 0.2) is 0 Å². The first-order valence-corrected chi connectivity index (χ1v) is 11.9. The van der Waals surface area contributed by atoms with E-state index in [0.717, 1.165) is 42.2 Å². The van der Waals surface area contributed by atoms with Crippen molar-refractivity contribution in [3.05, 3.63) is 89.7 Å². The number of para-hydroxylation sites is 2. The maximum atomic E-state index is 5.97. The van der Waals surface area contributed by atoms with Crippen LogP contribution < -0.4 is 9.47 Å². The van der Waals surface area contributed by atoms with Crippen molar-refractivity contribution in [2.75, 3.05) is 13.7 Å². The third-order valence-electron chi connectivity index (χ3n) is 6.03. The SMILES string of the molecule is COc1cccc(OCCCn2c(C(C)c3ccc(CC(C)C)cc3)nc3ccccc32)c1. The Balaban J connectivity index is 1.50. The molecule has 1 atom stereocenters. The van der Waals surface area contributed by atoms with Gasteiger partial charge in [0.05, 0.1) is 24.8 Å². The predicted molar refractivity (Wildman–Crippen MR) is 135 cm³/mol. The fraction of sp³-hybridized carbons (Fsp3) is 0.345. The molecule has 4 heteroatoms. The van der Waals surface area contributed by atoms with E-state index in [1.54, 1.807) is 7.11 Å². The third-order valence-corrected chi connectivity index (χ3v) is 6.03. The Bertz CT molecular complexity index is 1180. The van der Waals surface area contributed by atoms with Crippen molar-refractivity contribution >= 4 is 11.0 Å². The maximum absolute atomic E-state index is 5.97. The molecule has 1 unspecified atom stereocenters. The highest BCUT2D eigenvalue weighted by molar-refractivity contribution is 5.76. The number of methoxy groups -OCH3 is 1. The van der Waals surface area contributed by atoms with Gasteiger partial charge in [-0.3, -0.25) is 0 Å². The van der Waals surface area contributed by atoms with Gasteiger partial charge in [-0.25, -0.2) is 4.98 Å². The van der Waals surface area contributed by atoms with E-state index in [4.69, 9.17) is 14.5 Å². The first-order valence-electron chi connectivity index (χ1n) is 11.9. The number of fused-ring (bicyclic) bond motifs is 1. The lowest BCUT2D eigenvalue weighted by Crippen LogP contribution is -2.11. The molecule has 0 saturated heterocycles. The lowest BCUT2D eigenvalue weighted by atomic mass is 9.96. The van der Waals surface area contributed by atoms with Crippen LogP contribution in [0, 0.1) is 5.92 Å². The van der Waals surface area contributed by atoms with Crippen molar-refractivity contribution in [2.24, 2.45) is 5.92 Å². The molecule has 0 aliphatic carbocycles. The molecule has 0 fully saturated rings. The fourth-order valence-electron chi connectivity index (χ4n) is 4.33. The number of ether oxygens (including phenoxy) is 2. The maximum Gasteiger partial charge on any atom is 0.122 e. The van der Waals surface area contributed by atoms with Crippen LogP contribution in [-0.2, 0) is 13.0 Å². The van der Waals surface area contributed by atoms with Crippen molar-refractivity contribution in [1.82, 2.24) is 9.55 Å². The van der Waals surface area contributed by atoms with Gasteiger partial charge in [0, 0.05) is 18.5 Å². The third kappa shape index (κ3) is 5.57. The highest BCUT2D eigenvalue weighted by atomic mass is 16.5. The van der Waals surface area contributed by atoms with E-state index in [-0.39, 0.29) is 5.92 Å². The van der Waals surface area contributed by atoms with Gasteiger partial charge < -0.3 is 14.0 Å². The Hall–Kier alpha value is -3.27. The topological polar surface area (TPSA) is 36.3 Å². The quantitative estimate of drug-likeness (QED) is 0.252. The van der Waals surface area contributed by atoms with Crippen LogP contribution in [0.2, 0.25) is 0 Å². The molecule has 4 nitrogen and oxygen atoms in total. The molecule has 0 amide bonds. The molecule has 172 valence electrons. The molecule has 0 saturated carbocycles. The van der Waals surface area contributed by atoms with Gasteiger partial charge in [-0.2, -0.15) is 0 Å². The summed E-state index contributed by atoms with van der Waals surface area (Å²) >= 11 is 0. The standard InChI is InChI=1S/C29H34N2O2/c1-21(2)19-23-13-15-24(16-14-23)22(3)29-30-27-11-5-6-12-28(27)31(29)17-8-18-33-26-10-7-9-25(20-26)32-4/h5-7,9-16,20-22H,8,17-19H2,1-4H3. The lowest BCUT2D eigenvalue weighted by molar-refractivity contribution is 0.299. The minimum Gasteiger partial charge on any atom is -0.497 e. The van der Waals surface area contributed by atoms with Gasteiger partial charge in [0.25, 0.3) is 0 Å². The number of nitrogens with zero attached hydrogens (tertiary/aromatic N) is 2. The van der Waals surface area contributed by atoms with Crippen molar-refractivity contribution in [3.63, 3.8) is 0 Å². The zero-order valence-electron chi connectivity index (χ0n) is 20.1. The molecule has 1 heterocycles. The number of imidazole rings is 1. The average Bonchev–Trinajstić information content (AvgIpc) is 3.20. The van der Waals surface area contributed by atoms with Gasteiger partial charge in [0.1, 0.15) is 17.3 Å². The average molecular weight is 443 g/mol. The lowest BCUT2D eigenvalue weighted by Gasteiger charge is -2.16. The molecular formula is C29H34N2O2. The normalized spacial score (nSPS) is 12.3. The van der Waals surface area contributed by atoms with Crippen LogP contribution in [0.25, 0.3) is 11.0 Å². The van der Waals surface area contributed by atoms with Gasteiger partial charge in [-0.05, 0) is 54.2 Å². The van der Waals surface area contributed by atoms with Crippen LogP contribution in [0.1, 0.15) is 50.1 Å². The Morgan fingerprint density at radius 2 is 1.64 bits per heavy atom. The van der Waals surface area contributed by atoms with E-state index in [1.807, 2.05) is 24.3 Å². The van der Waals surface area contributed by atoms with E-state index >= 15 is 0 Å². The highest BCUT2D eigenvalue weighted by Gasteiger charge is 2.18. The Kier molecular flexibility index (Phi) is 7.33. The largest absolute Gasteiger partial charge is 0.497 e. The van der Waals surface area contributed by atoms with Crippen LogP contribution in [-0.4, -0.2) is 23.3 Å². The second kappa shape index (κ2) is 10.6. The fourth-order valence-corrected chi connectivity index (χ4v) is 4.33.